The molecule has 126 valence electrons. The molecule has 1 fully saturated rings. The molecule has 6 heteroatoms. The van der Waals surface area contributed by atoms with Crippen LogP contribution in [-0.4, -0.2) is 59.1 Å². The lowest BCUT2D eigenvalue weighted by atomic mass is 9.75. The molecule has 1 aromatic rings. The summed E-state index contributed by atoms with van der Waals surface area (Å²) in [6, 6.07) is 2.54. The van der Waals surface area contributed by atoms with Crippen molar-refractivity contribution in [2.75, 3.05) is 27.2 Å². The maximum absolute atomic E-state index is 11.5. The Balaban J connectivity index is 1.63. The lowest BCUT2D eigenvalue weighted by molar-refractivity contribution is 0.0417. The molecule has 3 rings (SSSR count). The summed E-state index contributed by atoms with van der Waals surface area (Å²) in [6.07, 6.45) is 6.37. The molecular formula is C17H26N4O2. The van der Waals surface area contributed by atoms with E-state index >= 15 is 0 Å². The summed E-state index contributed by atoms with van der Waals surface area (Å²) in [6.45, 7) is 3.06. The maximum Gasteiger partial charge on any atom is 0.276 e. The Labute approximate surface area is 137 Å². The van der Waals surface area contributed by atoms with Crippen LogP contribution in [0.25, 0.3) is 0 Å². The van der Waals surface area contributed by atoms with Gasteiger partial charge >= 0.3 is 0 Å². The number of hydrogen-bond acceptors (Lipinski definition) is 5. The van der Waals surface area contributed by atoms with Crippen LogP contribution < -0.4 is 5.48 Å². The van der Waals surface area contributed by atoms with Crippen LogP contribution in [0, 0.1) is 5.92 Å². The molecule has 0 bridgehead atoms. The number of hydroxylamine groups is 1. The number of fused-ring (bicyclic) bond motifs is 1. The van der Waals surface area contributed by atoms with Gasteiger partial charge in [0, 0.05) is 25.3 Å². The van der Waals surface area contributed by atoms with E-state index in [9.17, 15) is 4.79 Å². The first-order chi connectivity index (χ1) is 11.1. The van der Waals surface area contributed by atoms with E-state index in [-0.39, 0.29) is 0 Å². The largest absolute Gasteiger partial charge is 0.309 e. The number of nitrogens with zero attached hydrogens (tertiary/aromatic N) is 3. The van der Waals surface area contributed by atoms with Crippen molar-refractivity contribution in [3.05, 3.63) is 29.1 Å². The molecule has 1 aromatic heterocycles. The molecule has 0 spiro atoms. The number of rotatable bonds is 5. The molecule has 23 heavy (non-hydrogen) atoms. The van der Waals surface area contributed by atoms with E-state index in [2.05, 4.69) is 28.9 Å². The Morgan fingerprint density at radius 1 is 1.48 bits per heavy atom. The van der Waals surface area contributed by atoms with Gasteiger partial charge in [0.25, 0.3) is 5.91 Å². The first-order valence-electron chi connectivity index (χ1n) is 8.39. The normalized spacial score (nSPS) is 24.2. The van der Waals surface area contributed by atoms with Gasteiger partial charge in [-0.15, -0.1) is 0 Å². The molecule has 6 nitrogen and oxygen atoms in total. The number of carbonyl (C=O) groups excluding carboxylic acids is 1. The minimum absolute atomic E-state index is 0.423. The van der Waals surface area contributed by atoms with Gasteiger partial charge < -0.3 is 4.90 Å². The fraction of sp³-hybridized carbons (Fsp3) is 0.647. The summed E-state index contributed by atoms with van der Waals surface area (Å²) < 4.78 is 0. The van der Waals surface area contributed by atoms with Gasteiger partial charge in [-0.25, -0.2) is 5.48 Å². The first kappa shape index (κ1) is 16.4. The van der Waals surface area contributed by atoms with Gasteiger partial charge in [0.2, 0.25) is 0 Å². The van der Waals surface area contributed by atoms with E-state index in [0.29, 0.717) is 11.6 Å². The molecule has 1 unspecified atom stereocenters. The van der Waals surface area contributed by atoms with Crippen LogP contribution in [-0.2, 0) is 13.0 Å². The molecule has 2 N–H and O–H groups in total. The zero-order valence-corrected chi connectivity index (χ0v) is 14.0. The van der Waals surface area contributed by atoms with Crippen LogP contribution in [0.5, 0.6) is 0 Å². The Morgan fingerprint density at radius 3 is 2.96 bits per heavy atom. The average molecular weight is 318 g/mol. The zero-order chi connectivity index (χ0) is 16.4. The van der Waals surface area contributed by atoms with Gasteiger partial charge in [-0.05, 0) is 63.9 Å². The summed E-state index contributed by atoms with van der Waals surface area (Å²) in [5.74, 6) is 0.309. The van der Waals surface area contributed by atoms with Crippen molar-refractivity contribution in [3.8, 4) is 0 Å². The lowest BCUT2D eigenvalue weighted by Gasteiger charge is -2.46. The molecule has 1 aliphatic heterocycles. The van der Waals surface area contributed by atoms with E-state index in [4.69, 9.17) is 5.21 Å². The third-order valence-electron chi connectivity index (χ3n) is 5.24. The highest BCUT2D eigenvalue weighted by molar-refractivity contribution is 5.93. The Bertz CT molecular complexity index is 576. The van der Waals surface area contributed by atoms with Crippen molar-refractivity contribution in [3.63, 3.8) is 0 Å². The molecule has 2 aliphatic rings. The highest BCUT2D eigenvalue weighted by Gasteiger charge is 2.36. The highest BCUT2D eigenvalue weighted by Crippen LogP contribution is 2.36. The van der Waals surface area contributed by atoms with Crippen LogP contribution in [0.1, 0.15) is 40.9 Å². The summed E-state index contributed by atoms with van der Waals surface area (Å²) in [7, 11) is 4.27. The van der Waals surface area contributed by atoms with E-state index in [1.807, 2.05) is 6.07 Å². The lowest BCUT2D eigenvalue weighted by Crippen LogP contribution is -2.49. The van der Waals surface area contributed by atoms with Crippen LogP contribution in [0.2, 0.25) is 0 Å². The summed E-state index contributed by atoms with van der Waals surface area (Å²) in [4.78, 5) is 20.8. The molecule has 1 aliphatic carbocycles. The molecule has 2 heterocycles. The number of amides is 1. The van der Waals surface area contributed by atoms with Crippen LogP contribution in [0.4, 0.5) is 0 Å². The second kappa shape index (κ2) is 6.95. The van der Waals surface area contributed by atoms with Gasteiger partial charge in [-0.2, -0.15) is 0 Å². The van der Waals surface area contributed by atoms with Crippen molar-refractivity contribution >= 4 is 5.91 Å². The molecule has 1 saturated carbocycles. The third kappa shape index (κ3) is 3.54. The van der Waals surface area contributed by atoms with Crippen LogP contribution in [0.15, 0.2) is 12.3 Å². The smallest absolute Gasteiger partial charge is 0.276 e. The molecule has 0 aromatic carbocycles. The quantitative estimate of drug-likeness (QED) is 0.632. The number of carbonyl (C=O) groups is 1. The standard InChI is InChI=1S/C17H26N4O2/c1-20(2)7-5-12-3-4-16(12)21-8-6-13-9-14(17(22)19-23)10-18-15(13)11-21/h9-10,12,16,23H,3-8,11H2,1-2H3,(H,19,22)/t12?,16-/m1/s1. The van der Waals surface area contributed by atoms with Crippen LogP contribution >= 0.6 is 0 Å². The van der Waals surface area contributed by atoms with Gasteiger partial charge in [-0.1, -0.05) is 0 Å². The third-order valence-corrected chi connectivity index (χ3v) is 5.24. The second-order valence-electron chi connectivity index (χ2n) is 6.99. The predicted molar refractivity (Wildman–Crippen MR) is 87.3 cm³/mol. The second-order valence-corrected chi connectivity index (χ2v) is 6.99. The molecule has 2 atom stereocenters. The van der Waals surface area contributed by atoms with Crippen molar-refractivity contribution in [2.45, 2.75) is 38.3 Å². The maximum atomic E-state index is 11.5. The fourth-order valence-corrected chi connectivity index (χ4v) is 3.70. The number of hydrogen-bond donors (Lipinski definition) is 2. The Morgan fingerprint density at radius 2 is 2.30 bits per heavy atom. The highest BCUT2D eigenvalue weighted by atomic mass is 16.5. The van der Waals surface area contributed by atoms with Crippen molar-refractivity contribution in [1.82, 2.24) is 20.3 Å². The Hall–Kier alpha value is -1.50. The van der Waals surface area contributed by atoms with Crippen molar-refractivity contribution < 1.29 is 10.0 Å². The van der Waals surface area contributed by atoms with Crippen molar-refractivity contribution in [2.24, 2.45) is 5.92 Å². The summed E-state index contributed by atoms with van der Waals surface area (Å²) in [5.41, 5.74) is 4.30. The van der Waals surface area contributed by atoms with Gasteiger partial charge in [0.05, 0.1) is 11.3 Å². The Kier molecular flexibility index (Phi) is 4.94. The topological polar surface area (TPSA) is 68.7 Å². The monoisotopic (exact) mass is 318 g/mol. The summed E-state index contributed by atoms with van der Waals surface area (Å²) >= 11 is 0. The van der Waals surface area contributed by atoms with E-state index in [0.717, 1.165) is 43.2 Å². The number of aromatic nitrogens is 1. The van der Waals surface area contributed by atoms with E-state index in [1.54, 1.807) is 11.7 Å². The van der Waals surface area contributed by atoms with E-state index in [1.165, 1.54) is 19.3 Å². The number of nitrogens with one attached hydrogen (secondary N) is 1. The number of pyridine rings is 1. The molecule has 0 saturated heterocycles. The van der Waals surface area contributed by atoms with Gasteiger partial charge in [-0.3, -0.25) is 19.9 Å². The molecular weight excluding hydrogens is 292 g/mol. The van der Waals surface area contributed by atoms with Gasteiger partial charge in [0.1, 0.15) is 0 Å². The fourth-order valence-electron chi connectivity index (χ4n) is 3.70. The SMILES string of the molecule is CN(C)CCC1CC[C@H]1N1CCc2cc(C(=O)NO)cnc2C1. The van der Waals surface area contributed by atoms with Crippen LogP contribution in [0.3, 0.4) is 0 Å². The predicted octanol–water partition coefficient (Wildman–Crippen LogP) is 1.29. The first-order valence-corrected chi connectivity index (χ1v) is 8.39. The minimum Gasteiger partial charge on any atom is -0.309 e. The zero-order valence-electron chi connectivity index (χ0n) is 14.0. The van der Waals surface area contributed by atoms with E-state index < -0.39 is 5.91 Å². The van der Waals surface area contributed by atoms with Gasteiger partial charge in [0.15, 0.2) is 0 Å². The summed E-state index contributed by atoms with van der Waals surface area (Å²) in [5, 5.41) is 8.73. The minimum atomic E-state index is -0.495. The average Bonchev–Trinajstić information content (AvgIpc) is 2.52. The molecule has 1 amide bonds. The van der Waals surface area contributed by atoms with Crippen molar-refractivity contribution in [1.29, 1.82) is 0 Å². The molecule has 0 radical (unpaired) electrons.